The molecule has 0 spiro atoms. The van der Waals surface area contributed by atoms with Crippen molar-refractivity contribution in [1.82, 2.24) is 9.38 Å². The first-order valence-corrected chi connectivity index (χ1v) is 3.83. The number of aromatic nitrogens is 2. The maximum atomic E-state index is 10.4. The molecule has 0 fully saturated rings. The molecule has 0 amide bonds. The van der Waals surface area contributed by atoms with Crippen LogP contribution in [0.5, 0.6) is 0 Å². The van der Waals surface area contributed by atoms with Crippen molar-refractivity contribution in [2.24, 2.45) is 0 Å². The molecule has 2 rings (SSSR count). The van der Waals surface area contributed by atoms with Crippen molar-refractivity contribution >= 4 is 22.8 Å². The number of nitro groups is 1. The summed E-state index contributed by atoms with van der Waals surface area (Å²) in [5.41, 5.74) is 0.547. The summed E-state index contributed by atoms with van der Waals surface area (Å²) in [7, 11) is 0. The molecule has 0 bridgehead atoms. The summed E-state index contributed by atoms with van der Waals surface area (Å²) >= 11 is 5.72. The molecule has 66 valence electrons. The number of rotatable bonds is 1. The van der Waals surface area contributed by atoms with E-state index in [1.54, 1.807) is 10.6 Å². The molecule has 0 aliphatic carbocycles. The van der Waals surface area contributed by atoms with Gasteiger partial charge in [0, 0.05) is 18.5 Å². The van der Waals surface area contributed by atoms with E-state index in [0.717, 1.165) is 0 Å². The third-order valence-corrected chi connectivity index (χ3v) is 1.96. The van der Waals surface area contributed by atoms with Crippen LogP contribution >= 0.6 is 11.6 Å². The predicted molar refractivity (Wildman–Crippen MR) is 46.9 cm³/mol. The van der Waals surface area contributed by atoms with Crippen LogP contribution < -0.4 is 0 Å². The van der Waals surface area contributed by atoms with Crippen molar-refractivity contribution < 1.29 is 4.92 Å². The van der Waals surface area contributed by atoms with Crippen LogP contribution in [0.1, 0.15) is 0 Å². The van der Waals surface area contributed by atoms with E-state index in [1.165, 1.54) is 18.5 Å². The van der Waals surface area contributed by atoms with Crippen LogP contribution in [0.2, 0.25) is 5.15 Å². The van der Waals surface area contributed by atoms with Crippen LogP contribution in [0.15, 0.2) is 24.7 Å². The standard InChI is InChI=1S/C7H4ClN3O2/c8-7-6-3-5(11(12)13)4-10(6)2-1-9-7/h1-4H. The SMILES string of the molecule is O=[N+]([O-])c1cc2c(Cl)nccn2c1. The Hall–Kier alpha value is -1.62. The van der Waals surface area contributed by atoms with Gasteiger partial charge in [-0.25, -0.2) is 4.98 Å². The zero-order valence-electron chi connectivity index (χ0n) is 6.35. The Morgan fingerprint density at radius 3 is 3.00 bits per heavy atom. The molecule has 2 heterocycles. The van der Waals surface area contributed by atoms with Gasteiger partial charge in [-0.3, -0.25) is 10.1 Å². The van der Waals surface area contributed by atoms with Crippen LogP contribution in [-0.2, 0) is 0 Å². The van der Waals surface area contributed by atoms with Gasteiger partial charge in [0.05, 0.1) is 16.6 Å². The Labute approximate surface area is 77.7 Å². The van der Waals surface area contributed by atoms with Crippen molar-refractivity contribution in [2.75, 3.05) is 0 Å². The van der Waals surface area contributed by atoms with Gasteiger partial charge in [-0.1, -0.05) is 11.6 Å². The lowest BCUT2D eigenvalue weighted by Gasteiger charge is -1.92. The lowest BCUT2D eigenvalue weighted by Crippen LogP contribution is -1.84. The number of hydrogen-bond donors (Lipinski definition) is 0. The van der Waals surface area contributed by atoms with E-state index in [4.69, 9.17) is 11.6 Å². The van der Waals surface area contributed by atoms with E-state index in [2.05, 4.69) is 4.98 Å². The fourth-order valence-electron chi connectivity index (χ4n) is 1.09. The molecule has 0 saturated heterocycles. The number of fused-ring (bicyclic) bond motifs is 1. The topological polar surface area (TPSA) is 60.4 Å². The van der Waals surface area contributed by atoms with Gasteiger partial charge < -0.3 is 4.40 Å². The second-order valence-corrected chi connectivity index (χ2v) is 2.82. The van der Waals surface area contributed by atoms with Gasteiger partial charge in [0.2, 0.25) is 0 Å². The third-order valence-electron chi connectivity index (χ3n) is 1.67. The largest absolute Gasteiger partial charge is 0.313 e. The summed E-state index contributed by atoms with van der Waals surface area (Å²) in [4.78, 5) is 13.7. The van der Waals surface area contributed by atoms with Gasteiger partial charge in [-0.15, -0.1) is 0 Å². The normalized spacial score (nSPS) is 10.5. The van der Waals surface area contributed by atoms with Crippen LogP contribution in [0.3, 0.4) is 0 Å². The predicted octanol–water partition coefficient (Wildman–Crippen LogP) is 1.90. The monoisotopic (exact) mass is 197 g/mol. The summed E-state index contributed by atoms with van der Waals surface area (Å²) in [6.45, 7) is 0. The van der Waals surface area contributed by atoms with Crippen molar-refractivity contribution in [2.45, 2.75) is 0 Å². The Balaban J connectivity index is 2.75. The molecule has 0 atom stereocenters. The maximum absolute atomic E-state index is 10.4. The zero-order chi connectivity index (χ0) is 9.42. The minimum Gasteiger partial charge on any atom is -0.313 e. The highest BCUT2D eigenvalue weighted by atomic mass is 35.5. The van der Waals surface area contributed by atoms with Gasteiger partial charge in [0.1, 0.15) is 0 Å². The number of halogens is 1. The molecule has 0 N–H and O–H groups in total. The zero-order valence-corrected chi connectivity index (χ0v) is 7.10. The van der Waals surface area contributed by atoms with Crippen molar-refractivity contribution in [1.29, 1.82) is 0 Å². The summed E-state index contributed by atoms with van der Waals surface area (Å²) in [6.07, 6.45) is 4.48. The van der Waals surface area contributed by atoms with E-state index in [-0.39, 0.29) is 10.8 Å². The average molecular weight is 198 g/mol. The van der Waals surface area contributed by atoms with E-state index < -0.39 is 4.92 Å². The van der Waals surface area contributed by atoms with E-state index in [1.807, 2.05) is 0 Å². The van der Waals surface area contributed by atoms with Gasteiger partial charge in [-0.05, 0) is 0 Å². The highest BCUT2D eigenvalue weighted by Gasteiger charge is 2.11. The number of hydrogen-bond acceptors (Lipinski definition) is 3. The van der Waals surface area contributed by atoms with Crippen molar-refractivity contribution in [3.8, 4) is 0 Å². The summed E-state index contributed by atoms with van der Waals surface area (Å²) < 4.78 is 1.56. The Bertz CT molecular complexity index is 480. The van der Waals surface area contributed by atoms with E-state index in [0.29, 0.717) is 5.52 Å². The number of nitrogens with zero attached hydrogens (tertiary/aromatic N) is 3. The molecule has 6 heteroatoms. The van der Waals surface area contributed by atoms with E-state index >= 15 is 0 Å². The highest BCUT2D eigenvalue weighted by Crippen LogP contribution is 2.21. The third kappa shape index (κ3) is 1.23. The lowest BCUT2D eigenvalue weighted by molar-refractivity contribution is -0.384. The first-order chi connectivity index (χ1) is 6.18. The van der Waals surface area contributed by atoms with Crippen LogP contribution in [-0.4, -0.2) is 14.3 Å². The van der Waals surface area contributed by atoms with Crippen molar-refractivity contribution in [3.05, 3.63) is 39.9 Å². The smallest absolute Gasteiger partial charge is 0.288 e. The summed E-state index contributed by atoms with van der Waals surface area (Å²) in [6, 6.07) is 1.38. The molecule has 0 radical (unpaired) electrons. The molecule has 0 aliphatic rings. The minimum atomic E-state index is -0.469. The first kappa shape index (κ1) is 8.00. The first-order valence-electron chi connectivity index (χ1n) is 3.45. The fraction of sp³-hybridized carbons (Fsp3) is 0. The van der Waals surface area contributed by atoms with Gasteiger partial charge in [0.25, 0.3) is 5.69 Å². The maximum Gasteiger partial charge on any atom is 0.288 e. The molecular weight excluding hydrogens is 194 g/mol. The van der Waals surface area contributed by atoms with Gasteiger partial charge in [0.15, 0.2) is 5.15 Å². The molecule has 13 heavy (non-hydrogen) atoms. The molecule has 2 aromatic heterocycles. The molecule has 2 aromatic rings. The molecular formula is C7H4ClN3O2. The van der Waals surface area contributed by atoms with Crippen molar-refractivity contribution in [3.63, 3.8) is 0 Å². The molecule has 0 unspecified atom stereocenters. The summed E-state index contributed by atoms with van der Waals surface area (Å²) in [5, 5.41) is 10.7. The minimum absolute atomic E-state index is 0.00917. The van der Waals surface area contributed by atoms with Gasteiger partial charge >= 0.3 is 0 Å². The quantitative estimate of drug-likeness (QED) is 0.518. The van der Waals surface area contributed by atoms with Gasteiger partial charge in [-0.2, -0.15) is 0 Å². The Morgan fingerprint density at radius 1 is 1.62 bits per heavy atom. The van der Waals surface area contributed by atoms with Crippen LogP contribution in [0, 0.1) is 10.1 Å². The van der Waals surface area contributed by atoms with Crippen LogP contribution in [0.25, 0.3) is 5.52 Å². The average Bonchev–Trinajstić information content (AvgIpc) is 2.49. The molecule has 0 aromatic carbocycles. The Kier molecular flexibility index (Phi) is 1.66. The Morgan fingerprint density at radius 2 is 2.38 bits per heavy atom. The second kappa shape index (κ2) is 2.70. The van der Waals surface area contributed by atoms with E-state index in [9.17, 15) is 10.1 Å². The lowest BCUT2D eigenvalue weighted by atomic mass is 10.5. The molecule has 0 saturated carbocycles. The highest BCUT2D eigenvalue weighted by molar-refractivity contribution is 6.32. The van der Waals surface area contributed by atoms with Crippen LogP contribution in [0.4, 0.5) is 5.69 Å². The fourth-order valence-corrected chi connectivity index (χ4v) is 1.30. The molecule has 5 nitrogen and oxygen atoms in total. The molecule has 0 aliphatic heterocycles. The summed E-state index contributed by atoms with van der Waals surface area (Å²) in [5.74, 6) is 0. The second-order valence-electron chi connectivity index (χ2n) is 2.47.